The SMILES string of the molecule is O=c1[nH]cnc2cc(NCCOCc3ccccc3)c([N+](=O)[O-])cc12. The lowest BCUT2D eigenvalue weighted by Gasteiger charge is -2.09. The van der Waals surface area contributed by atoms with Gasteiger partial charge >= 0.3 is 0 Å². The van der Waals surface area contributed by atoms with Gasteiger partial charge in [-0.2, -0.15) is 0 Å². The molecule has 8 heteroatoms. The molecular weight excluding hydrogens is 324 g/mol. The smallest absolute Gasteiger partial charge is 0.293 e. The molecule has 2 N–H and O–H groups in total. The number of nitrogens with one attached hydrogen (secondary N) is 2. The quantitative estimate of drug-likeness (QED) is 0.388. The molecule has 0 aliphatic rings. The number of aromatic nitrogens is 2. The predicted molar refractivity (Wildman–Crippen MR) is 93.6 cm³/mol. The fourth-order valence-electron chi connectivity index (χ4n) is 2.42. The Morgan fingerprint density at radius 1 is 1.24 bits per heavy atom. The summed E-state index contributed by atoms with van der Waals surface area (Å²) in [5.74, 6) is 0. The molecule has 0 saturated carbocycles. The average Bonchev–Trinajstić information content (AvgIpc) is 2.62. The molecule has 1 aromatic heterocycles. The van der Waals surface area contributed by atoms with Gasteiger partial charge in [-0.1, -0.05) is 30.3 Å². The van der Waals surface area contributed by atoms with Gasteiger partial charge in [-0.05, 0) is 11.6 Å². The van der Waals surface area contributed by atoms with E-state index in [2.05, 4.69) is 15.3 Å². The van der Waals surface area contributed by atoms with Gasteiger partial charge in [0.25, 0.3) is 11.2 Å². The van der Waals surface area contributed by atoms with Gasteiger partial charge in [-0.25, -0.2) is 4.98 Å². The molecule has 0 amide bonds. The van der Waals surface area contributed by atoms with E-state index in [0.29, 0.717) is 31.0 Å². The van der Waals surface area contributed by atoms with Crippen molar-refractivity contribution >= 4 is 22.3 Å². The molecule has 0 unspecified atom stereocenters. The number of ether oxygens (including phenoxy) is 1. The Bertz CT molecular complexity index is 940. The van der Waals surface area contributed by atoms with Gasteiger partial charge in [0.05, 0.1) is 35.4 Å². The van der Waals surface area contributed by atoms with Crippen LogP contribution >= 0.6 is 0 Å². The van der Waals surface area contributed by atoms with E-state index in [4.69, 9.17) is 4.74 Å². The van der Waals surface area contributed by atoms with Crippen LogP contribution < -0.4 is 10.9 Å². The Morgan fingerprint density at radius 2 is 2.04 bits per heavy atom. The van der Waals surface area contributed by atoms with E-state index >= 15 is 0 Å². The summed E-state index contributed by atoms with van der Waals surface area (Å²) in [4.78, 5) is 28.9. The number of nitro benzene ring substituents is 1. The zero-order chi connectivity index (χ0) is 17.6. The summed E-state index contributed by atoms with van der Waals surface area (Å²) in [6.07, 6.45) is 1.27. The number of hydrogen-bond acceptors (Lipinski definition) is 6. The molecule has 25 heavy (non-hydrogen) atoms. The molecule has 0 bridgehead atoms. The molecule has 0 radical (unpaired) electrons. The van der Waals surface area contributed by atoms with Crippen LogP contribution in [0, 0.1) is 10.1 Å². The van der Waals surface area contributed by atoms with Crippen LogP contribution in [0.4, 0.5) is 11.4 Å². The van der Waals surface area contributed by atoms with Crippen molar-refractivity contribution in [1.82, 2.24) is 9.97 Å². The van der Waals surface area contributed by atoms with Crippen LogP contribution in [0.2, 0.25) is 0 Å². The first kappa shape index (κ1) is 16.6. The molecule has 3 aromatic rings. The second-order valence-corrected chi connectivity index (χ2v) is 5.34. The number of aromatic amines is 1. The minimum atomic E-state index is -0.529. The molecular formula is C17H16N4O4. The Hall–Kier alpha value is -3.26. The van der Waals surface area contributed by atoms with Gasteiger partial charge in [-0.15, -0.1) is 0 Å². The van der Waals surface area contributed by atoms with E-state index in [9.17, 15) is 14.9 Å². The molecule has 0 saturated heterocycles. The summed E-state index contributed by atoms with van der Waals surface area (Å²) >= 11 is 0. The number of anilines is 1. The number of nitro groups is 1. The van der Waals surface area contributed by atoms with E-state index in [0.717, 1.165) is 5.56 Å². The van der Waals surface area contributed by atoms with E-state index in [-0.39, 0.29) is 11.1 Å². The summed E-state index contributed by atoms with van der Waals surface area (Å²) in [6, 6.07) is 12.5. The molecule has 0 fully saturated rings. The zero-order valence-electron chi connectivity index (χ0n) is 13.3. The van der Waals surface area contributed by atoms with Crippen molar-refractivity contribution < 1.29 is 9.66 Å². The molecule has 0 atom stereocenters. The third kappa shape index (κ3) is 3.99. The minimum absolute atomic E-state index is 0.172. The summed E-state index contributed by atoms with van der Waals surface area (Å²) in [6.45, 7) is 1.24. The summed E-state index contributed by atoms with van der Waals surface area (Å²) < 4.78 is 5.55. The summed E-state index contributed by atoms with van der Waals surface area (Å²) in [5.41, 5.74) is 1.17. The van der Waals surface area contributed by atoms with Gasteiger partial charge in [-0.3, -0.25) is 14.9 Å². The van der Waals surface area contributed by atoms with Gasteiger partial charge in [0.1, 0.15) is 5.69 Å². The highest BCUT2D eigenvalue weighted by Gasteiger charge is 2.16. The van der Waals surface area contributed by atoms with Crippen molar-refractivity contribution in [2.45, 2.75) is 6.61 Å². The van der Waals surface area contributed by atoms with Gasteiger partial charge < -0.3 is 15.0 Å². The van der Waals surface area contributed by atoms with E-state index < -0.39 is 10.5 Å². The molecule has 2 aromatic carbocycles. The molecule has 0 aliphatic heterocycles. The van der Waals surface area contributed by atoms with Crippen molar-refractivity contribution in [3.63, 3.8) is 0 Å². The summed E-state index contributed by atoms with van der Waals surface area (Å²) in [7, 11) is 0. The van der Waals surface area contributed by atoms with Crippen LogP contribution in [0.5, 0.6) is 0 Å². The molecule has 0 aliphatic carbocycles. The van der Waals surface area contributed by atoms with E-state index in [1.807, 2.05) is 30.3 Å². The highest BCUT2D eigenvalue weighted by atomic mass is 16.6. The molecule has 3 rings (SSSR count). The standard InChI is InChI=1S/C17H16N4O4/c22-17-13-8-16(21(23)24)15(9-14(13)19-11-20-17)18-6-7-25-10-12-4-2-1-3-5-12/h1-5,8-9,11,18H,6-7,10H2,(H,19,20,22). The van der Waals surface area contributed by atoms with E-state index in [1.54, 1.807) is 0 Å². The lowest BCUT2D eigenvalue weighted by Crippen LogP contribution is -2.12. The fraction of sp³-hybridized carbons (Fsp3) is 0.176. The van der Waals surface area contributed by atoms with Gasteiger partial charge in [0.15, 0.2) is 0 Å². The van der Waals surface area contributed by atoms with Crippen LogP contribution in [0.3, 0.4) is 0 Å². The van der Waals surface area contributed by atoms with E-state index in [1.165, 1.54) is 18.5 Å². The third-order valence-electron chi connectivity index (χ3n) is 3.63. The highest BCUT2D eigenvalue weighted by Crippen LogP contribution is 2.27. The lowest BCUT2D eigenvalue weighted by molar-refractivity contribution is -0.383. The molecule has 128 valence electrons. The number of nitrogens with zero attached hydrogens (tertiary/aromatic N) is 2. The van der Waals surface area contributed by atoms with Crippen molar-refractivity contribution in [2.24, 2.45) is 0 Å². The maximum atomic E-state index is 11.7. The maximum absolute atomic E-state index is 11.7. The first-order chi connectivity index (χ1) is 12.1. The van der Waals surface area contributed by atoms with Gasteiger partial charge in [0.2, 0.25) is 0 Å². The van der Waals surface area contributed by atoms with Crippen molar-refractivity contribution in [3.8, 4) is 0 Å². The largest absolute Gasteiger partial charge is 0.377 e. The summed E-state index contributed by atoms with van der Waals surface area (Å²) in [5, 5.41) is 14.4. The highest BCUT2D eigenvalue weighted by molar-refractivity contribution is 5.86. The van der Waals surface area contributed by atoms with Gasteiger partial charge in [0, 0.05) is 12.6 Å². The lowest BCUT2D eigenvalue weighted by atomic mass is 10.2. The molecule has 8 nitrogen and oxygen atoms in total. The topological polar surface area (TPSA) is 110 Å². The predicted octanol–water partition coefficient (Wildman–Crippen LogP) is 2.46. The zero-order valence-corrected chi connectivity index (χ0v) is 13.3. The Labute approximate surface area is 142 Å². The van der Waals surface area contributed by atoms with Crippen molar-refractivity contribution in [3.05, 3.63) is 74.8 Å². The normalized spacial score (nSPS) is 10.7. The Balaban J connectivity index is 1.67. The fourth-order valence-corrected chi connectivity index (χ4v) is 2.42. The number of hydrogen-bond donors (Lipinski definition) is 2. The Morgan fingerprint density at radius 3 is 2.80 bits per heavy atom. The second kappa shape index (κ2) is 7.54. The number of fused-ring (bicyclic) bond motifs is 1. The number of benzene rings is 2. The maximum Gasteiger partial charge on any atom is 0.293 e. The second-order valence-electron chi connectivity index (χ2n) is 5.34. The molecule has 0 spiro atoms. The number of rotatable bonds is 7. The minimum Gasteiger partial charge on any atom is -0.377 e. The van der Waals surface area contributed by atoms with Crippen LogP contribution in [-0.4, -0.2) is 28.0 Å². The van der Waals surface area contributed by atoms with Crippen LogP contribution in [0.25, 0.3) is 10.9 Å². The monoisotopic (exact) mass is 340 g/mol. The average molecular weight is 340 g/mol. The third-order valence-corrected chi connectivity index (χ3v) is 3.63. The van der Waals surface area contributed by atoms with Crippen LogP contribution in [0.15, 0.2) is 53.6 Å². The van der Waals surface area contributed by atoms with Crippen LogP contribution in [-0.2, 0) is 11.3 Å². The first-order valence-corrected chi connectivity index (χ1v) is 7.66. The molecule has 1 heterocycles. The van der Waals surface area contributed by atoms with Crippen molar-refractivity contribution in [2.75, 3.05) is 18.5 Å². The van der Waals surface area contributed by atoms with Crippen molar-refractivity contribution in [1.29, 1.82) is 0 Å². The first-order valence-electron chi connectivity index (χ1n) is 7.66. The Kier molecular flexibility index (Phi) is 5.00. The number of H-pyrrole nitrogens is 1. The van der Waals surface area contributed by atoms with Crippen LogP contribution in [0.1, 0.15) is 5.56 Å².